The van der Waals surface area contributed by atoms with Gasteiger partial charge in [-0.3, -0.25) is 4.79 Å². The molecule has 0 aromatic heterocycles. The van der Waals surface area contributed by atoms with Gasteiger partial charge in [-0.25, -0.2) is 0 Å². The topological polar surface area (TPSA) is 29.1 Å². The lowest BCUT2D eigenvalue weighted by atomic mass is 10.1. The zero-order valence-electron chi connectivity index (χ0n) is 10.6. The van der Waals surface area contributed by atoms with Crippen molar-refractivity contribution in [3.05, 3.63) is 70.8 Å². The van der Waals surface area contributed by atoms with Gasteiger partial charge >= 0.3 is 0 Å². The number of halogens is 1. The van der Waals surface area contributed by atoms with Crippen molar-refractivity contribution in [1.82, 2.24) is 0 Å². The van der Waals surface area contributed by atoms with E-state index in [0.29, 0.717) is 10.7 Å². The van der Waals surface area contributed by atoms with E-state index in [-0.39, 0.29) is 5.91 Å². The number of para-hydroxylation sites is 1. The van der Waals surface area contributed by atoms with Crippen molar-refractivity contribution in [2.45, 2.75) is 6.92 Å². The lowest BCUT2D eigenvalue weighted by molar-refractivity contribution is -0.111. The first-order valence-electron chi connectivity index (χ1n) is 5.95. The molecule has 0 saturated carbocycles. The molecule has 0 saturated heterocycles. The summed E-state index contributed by atoms with van der Waals surface area (Å²) < 4.78 is 0. The van der Waals surface area contributed by atoms with Gasteiger partial charge in [0, 0.05) is 6.08 Å². The number of benzene rings is 2. The molecule has 0 aliphatic carbocycles. The number of hydrogen-bond acceptors (Lipinski definition) is 1. The van der Waals surface area contributed by atoms with Gasteiger partial charge in [0.2, 0.25) is 5.91 Å². The number of carbonyl (C=O) groups is 1. The van der Waals surface area contributed by atoms with Crippen LogP contribution in [0.1, 0.15) is 11.1 Å². The van der Waals surface area contributed by atoms with Crippen molar-refractivity contribution < 1.29 is 4.79 Å². The molecule has 96 valence electrons. The fourth-order valence-corrected chi connectivity index (χ4v) is 1.87. The first kappa shape index (κ1) is 13.4. The molecule has 2 aromatic carbocycles. The Morgan fingerprint density at radius 1 is 1.16 bits per heavy atom. The third kappa shape index (κ3) is 3.97. The molecular formula is C16H14ClNO. The quantitative estimate of drug-likeness (QED) is 0.829. The number of anilines is 1. The largest absolute Gasteiger partial charge is 0.321 e. The molecule has 0 radical (unpaired) electrons. The predicted octanol–water partition coefficient (Wildman–Crippen LogP) is 4.30. The average molecular weight is 272 g/mol. The van der Waals surface area contributed by atoms with Crippen molar-refractivity contribution >= 4 is 29.3 Å². The van der Waals surface area contributed by atoms with Gasteiger partial charge in [0.1, 0.15) is 0 Å². The molecule has 0 fully saturated rings. The zero-order valence-corrected chi connectivity index (χ0v) is 11.3. The minimum atomic E-state index is -0.199. The maximum atomic E-state index is 11.8. The summed E-state index contributed by atoms with van der Waals surface area (Å²) in [6.07, 6.45) is 3.28. The first-order valence-corrected chi connectivity index (χ1v) is 6.33. The van der Waals surface area contributed by atoms with E-state index in [2.05, 4.69) is 5.32 Å². The Kier molecular flexibility index (Phi) is 4.37. The van der Waals surface area contributed by atoms with Gasteiger partial charge in [0.15, 0.2) is 0 Å². The maximum absolute atomic E-state index is 11.8. The summed E-state index contributed by atoms with van der Waals surface area (Å²) in [5.41, 5.74) is 2.77. The molecule has 0 unspecified atom stereocenters. The van der Waals surface area contributed by atoms with Crippen LogP contribution in [0.2, 0.25) is 5.02 Å². The van der Waals surface area contributed by atoms with Gasteiger partial charge in [-0.1, -0.05) is 53.6 Å². The third-order valence-electron chi connectivity index (χ3n) is 2.60. The van der Waals surface area contributed by atoms with Gasteiger partial charge in [-0.2, -0.15) is 0 Å². The average Bonchev–Trinajstić information content (AvgIpc) is 2.39. The smallest absolute Gasteiger partial charge is 0.248 e. The summed E-state index contributed by atoms with van der Waals surface area (Å²) in [6, 6.07) is 15.1. The van der Waals surface area contributed by atoms with E-state index < -0.39 is 0 Å². The number of nitrogens with one attached hydrogen (secondary N) is 1. The van der Waals surface area contributed by atoms with Crippen LogP contribution in [-0.4, -0.2) is 5.91 Å². The lowest BCUT2D eigenvalue weighted by Crippen LogP contribution is -2.07. The summed E-state index contributed by atoms with van der Waals surface area (Å²) in [4.78, 5) is 11.8. The standard InChI is InChI=1S/C16H14ClNO/c1-12-5-4-6-13(11-12)9-10-16(19)18-15-8-3-2-7-14(15)17/h2-11H,1H3,(H,18,19)/b10-9+. The highest BCUT2D eigenvalue weighted by Gasteiger charge is 2.01. The SMILES string of the molecule is Cc1cccc(/C=C/C(=O)Nc2ccccc2Cl)c1. The van der Waals surface area contributed by atoms with E-state index >= 15 is 0 Å². The second-order valence-corrected chi connectivity index (χ2v) is 4.62. The molecule has 2 rings (SSSR count). The number of aryl methyl sites for hydroxylation is 1. The van der Waals surface area contributed by atoms with Crippen LogP contribution in [0.3, 0.4) is 0 Å². The van der Waals surface area contributed by atoms with E-state index in [1.807, 2.05) is 43.3 Å². The predicted molar refractivity (Wildman–Crippen MR) is 80.3 cm³/mol. The minimum absolute atomic E-state index is 0.199. The van der Waals surface area contributed by atoms with Crippen molar-refractivity contribution in [3.8, 4) is 0 Å². The van der Waals surface area contributed by atoms with E-state index in [1.54, 1.807) is 18.2 Å². The Balaban J connectivity index is 2.04. The van der Waals surface area contributed by atoms with Crippen LogP contribution in [0.25, 0.3) is 6.08 Å². The Bertz CT molecular complexity index is 620. The summed E-state index contributed by atoms with van der Waals surface area (Å²) >= 11 is 5.97. The van der Waals surface area contributed by atoms with E-state index in [4.69, 9.17) is 11.6 Å². The van der Waals surface area contributed by atoms with Gasteiger partial charge in [-0.05, 0) is 30.7 Å². The second kappa shape index (κ2) is 6.21. The van der Waals surface area contributed by atoms with Gasteiger partial charge in [0.25, 0.3) is 0 Å². The van der Waals surface area contributed by atoms with Crippen LogP contribution in [-0.2, 0) is 4.79 Å². The molecule has 0 bridgehead atoms. The Morgan fingerprint density at radius 2 is 1.95 bits per heavy atom. The monoisotopic (exact) mass is 271 g/mol. The zero-order chi connectivity index (χ0) is 13.7. The molecule has 1 N–H and O–H groups in total. The maximum Gasteiger partial charge on any atom is 0.248 e. The summed E-state index contributed by atoms with van der Waals surface area (Å²) in [5.74, 6) is -0.199. The molecule has 0 atom stereocenters. The van der Waals surface area contributed by atoms with Crippen LogP contribution >= 0.6 is 11.6 Å². The minimum Gasteiger partial charge on any atom is -0.321 e. The number of rotatable bonds is 3. The van der Waals surface area contributed by atoms with Crippen molar-refractivity contribution in [1.29, 1.82) is 0 Å². The number of amides is 1. The van der Waals surface area contributed by atoms with Crippen LogP contribution in [0.15, 0.2) is 54.6 Å². The number of hydrogen-bond donors (Lipinski definition) is 1. The van der Waals surface area contributed by atoms with E-state index in [1.165, 1.54) is 6.08 Å². The fourth-order valence-electron chi connectivity index (χ4n) is 1.68. The molecule has 0 spiro atoms. The van der Waals surface area contributed by atoms with Gasteiger partial charge in [-0.15, -0.1) is 0 Å². The van der Waals surface area contributed by atoms with Crippen LogP contribution in [0.5, 0.6) is 0 Å². The molecule has 1 amide bonds. The second-order valence-electron chi connectivity index (χ2n) is 4.22. The molecule has 3 heteroatoms. The fraction of sp³-hybridized carbons (Fsp3) is 0.0625. The highest BCUT2D eigenvalue weighted by Crippen LogP contribution is 2.20. The molecule has 0 aliphatic rings. The normalized spacial score (nSPS) is 10.6. The summed E-state index contributed by atoms with van der Waals surface area (Å²) in [6.45, 7) is 2.02. The van der Waals surface area contributed by atoms with Crippen molar-refractivity contribution in [3.63, 3.8) is 0 Å². The first-order chi connectivity index (χ1) is 9.15. The van der Waals surface area contributed by atoms with Gasteiger partial charge < -0.3 is 5.32 Å². The molecule has 2 nitrogen and oxygen atoms in total. The molecular weight excluding hydrogens is 258 g/mol. The molecule has 0 heterocycles. The Labute approximate surface area is 117 Å². The number of carbonyl (C=O) groups excluding carboxylic acids is 1. The van der Waals surface area contributed by atoms with Crippen LogP contribution in [0.4, 0.5) is 5.69 Å². The highest BCUT2D eigenvalue weighted by atomic mass is 35.5. The summed E-state index contributed by atoms with van der Waals surface area (Å²) in [7, 11) is 0. The molecule has 2 aromatic rings. The van der Waals surface area contributed by atoms with Gasteiger partial charge in [0.05, 0.1) is 10.7 Å². The van der Waals surface area contributed by atoms with Crippen LogP contribution < -0.4 is 5.32 Å². The summed E-state index contributed by atoms with van der Waals surface area (Å²) in [5, 5.41) is 3.26. The Hall–Kier alpha value is -2.06. The highest BCUT2D eigenvalue weighted by molar-refractivity contribution is 6.33. The molecule has 19 heavy (non-hydrogen) atoms. The Morgan fingerprint density at radius 3 is 2.68 bits per heavy atom. The van der Waals surface area contributed by atoms with E-state index in [0.717, 1.165) is 11.1 Å². The molecule has 0 aliphatic heterocycles. The van der Waals surface area contributed by atoms with Crippen molar-refractivity contribution in [2.24, 2.45) is 0 Å². The lowest BCUT2D eigenvalue weighted by Gasteiger charge is -2.03. The van der Waals surface area contributed by atoms with Crippen LogP contribution in [0, 0.1) is 6.92 Å². The van der Waals surface area contributed by atoms with E-state index in [9.17, 15) is 4.79 Å². The van der Waals surface area contributed by atoms with Crippen molar-refractivity contribution in [2.75, 3.05) is 5.32 Å². The third-order valence-corrected chi connectivity index (χ3v) is 2.93.